The number of nitrogens with zero attached hydrogens (tertiary/aromatic N) is 2. The van der Waals surface area contributed by atoms with Gasteiger partial charge in [0.1, 0.15) is 23.3 Å². The third-order valence-electron chi connectivity index (χ3n) is 3.90. The SMILES string of the molecule is Cc1cc(Cl)cc(C)c1Oc1ccc2c(C#N)nc(C(=O)O)c(O)c2c1. The molecule has 0 radical (unpaired) electrons. The number of halogens is 1. The van der Waals surface area contributed by atoms with Gasteiger partial charge in [0, 0.05) is 15.8 Å². The molecule has 0 bridgehead atoms. The van der Waals surface area contributed by atoms with Crippen LogP contribution in [0.25, 0.3) is 10.8 Å². The van der Waals surface area contributed by atoms with E-state index < -0.39 is 17.4 Å². The van der Waals surface area contributed by atoms with E-state index in [1.165, 1.54) is 6.07 Å². The van der Waals surface area contributed by atoms with Crippen molar-refractivity contribution in [1.82, 2.24) is 4.98 Å². The molecule has 0 aliphatic carbocycles. The van der Waals surface area contributed by atoms with E-state index in [0.717, 1.165) is 11.1 Å². The summed E-state index contributed by atoms with van der Waals surface area (Å²) in [4.78, 5) is 15.0. The van der Waals surface area contributed by atoms with Gasteiger partial charge in [-0.2, -0.15) is 5.26 Å². The van der Waals surface area contributed by atoms with Crippen LogP contribution in [-0.2, 0) is 0 Å². The summed E-state index contributed by atoms with van der Waals surface area (Å²) in [6.45, 7) is 3.71. The average Bonchev–Trinajstić information content (AvgIpc) is 2.58. The van der Waals surface area contributed by atoms with Gasteiger partial charge in [-0.1, -0.05) is 11.6 Å². The minimum absolute atomic E-state index is 0.0828. The molecule has 0 aliphatic rings. The summed E-state index contributed by atoms with van der Waals surface area (Å²) in [7, 11) is 0. The van der Waals surface area contributed by atoms with Gasteiger partial charge in [-0.3, -0.25) is 0 Å². The Morgan fingerprint density at radius 1 is 1.19 bits per heavy atom. The third kappa shape index (κ3) is 3.01. The van der Waals surface area contributed by atoms with Gasteiger partial charge in [0.25, 0.3) is 0 Å². The number of fused-ring (bicyclic) bond motifs is 1. The van der Waals surface area contributed by atoms with Crippen LogP contribution in [0.1, 0.15) is 27.3 Å². The van der Waals surface area contributed by atoms with Gasteiger partial charge in [-0.25, -0.2) is 9.78 Å². The molecule has 7 heteroatoms. The number of hydrogen-bond donors (Lipinski definition) is 2. The standard InChI is InChI=1S/C19H13ClN2O4/c1-9-5-11(20)6-10(2)18(9)26-12-3-4-13-14(7-12)17(23)16(19(24)25)22-15(13)8-21/h3-7,23H,1-2H3,(H,24,25). The number of aromatic nitrogens is 1. The second-order valence-corrected chi connectivity index (χ2v) is 6.19. The molecule has 1 aromatic heterocycles. The van der Waals surface area contributed by atoms with Crippen molar-refractivity contribution in [2.45, 2.75) is 13.8 Å². The Morgan fingerprint density at radius 3 is 2.42 bits per heavy atom. The molecular formula is C19H13ClN2O4. The fourth-order valence-electron chi connectivity index (χ4n) is 2.75. The highest BCUT2D eigenvalue weighted by atomic mass is 35.5. The summed E-state index contributed by atoms with van der Waals surface area (Å²) in [6, 6.07) is 10.0. The zero-order chi connectivity index (χ0) is 19.0. The Labute approximate surface area is 153 Å². The van der Waals surface area contributed by atoms with Gasteiger partial charge in [0.2, 0.25) is 0 Å². The fourth-order valence-corrected chi connectivity index (χ4v) is 3.08. The molecule has 0 spiro atoms. The highest BCUT2D eigenvalue weighted by Gasteiger charge is 2.19. The highest BCUT2D eigenvalue weighted by molar-refractivity contribution is 6.30. The first-order chi connectivity index (χ1) is 12.3. The lowest BCUT2D eigenvalue weighted by atomic mass is 10.1. The van der Waals surface area contributed by atoms with E-state index in [1.807, 2.05) is 19.9 Å². The number of aryl methyl sites for hydroxylation is 2. The largest absolute Gasteiger partial charge is 0.505 e. The fraction of sp³-hybridized carbons (Fsp3) is 0.105. The second-order valence-electron chi connectivity index (χ2n) is 5.75. The molecule has 26 heavy (non-hydrogen) atoms. The number of carboxylic acid groups (broad SMARTS) is 1. The molecule has 2 N–H and O–H groups in total. The van der Waals surface area contributed by atoms with E-state index >= 15 is 0 Å². The third-order valence-corrected chi connectivity index (χ3v) is 4.12. The van der Waals surface area contributed by atoms with Crippen molar-refractivity contribution in [3.05, 3.63) is 57.9 Å². The van der Waals surface area contributed by atoms with Crippen LogP contribution in [0, 0.1) is 25.2 Å². The van der Waals surface area contributed by atoms with E-state index in [-0.39, 0.29) is 11.1 Å². The van der Waals surface area contributed by atoms with Crippen LogP contribution in [0.2, 0.25) is 5.02 Å². The molecule has 130 valence electrons. The maximum atomic E-state index is 11.3. The molecule has 3 aromatic rings. The van der Waals surface area contributed by atoms with Gasteiger partial charge in [-0.15, -0.1) is 0 Å². The normalized spacial score (nSPS) is 10.5. The van der Waals surface area contributed by atoms with Crippen LogP contribution in [0.5, 0.6) is 17.2 Å². The number of aromatic carboxylic acids is 1. The molecule has 1 heterocycles. The van der Waals surface area contributed by atoms with Crippen molar-refractivity contribution in [2.75, 3.05) is 0 Å². The van der Waals surface area contributed by atoms with Crippen molar-refractivity contribution in [2.24, 2.45) is 0 Å². The Balaban J connectivity index is 2.17. The first-order valence-corrected chi connectivity index (χ1v) is 7.94. The highest BCUT2D eigenvalue weighted by Crippen LogP contribution is 2.36. The number of ether oxygens (including phenoxy) is 1. The number of pyridine rings is 1. The van der Waals surface area contributed by atoms with Gasteiger partial charge in [0.05, 0.1) is 0 Å². The number of benzene rings is 2. The van der Waals surface area contributed by atoms with Crippen molar-refractivity contribution in [3.8, 4) is 23.3 Å². The molecule has 2 aromatic carbocycles. The van der Waals surface area contributed by atoms with Crippen molar-refractivity contribution in [1.29, 1.82) is 5.26 Å². The average molecular weight is 369 g/mol. The van der Waals surface area contributed by atoms with E-state index in [1.54, 1.807) is 24.3 Å². The summed E-state index contributed by atoms with van der Waals surface area (Å²) in [5, 5.41) is 29.7. The number of hydrogen-bond acceptors (Lipinski definition) is 5. The van der Waals surface area contributed by atoms with Crippen LogP contribution >= 0.6 is 11.6 Å². The predicted octanol–water partition coefficient (Wildman–Crippen LogP) is 4.57. The molecular weight excluding hydrogens is 356 g/mol. The quantitative estimate of drug-likeness (QED) is 0.701. The molecule has 0 aliphatic heterocycles. The van der Waals surface area contributed by atoms with E-state index in [0.29, 0.717) is 21.9 Å². The van der Waals surface area contributed by atoms with Crippen LogP contribution in [0.4, 0.5) is 0 Å². The zero-order valence-electron chi connectivity index (χ0n) is 13.9. The molecule has 0 fully saturated rings. The Bertz CT molecular complexity index is 1080. The summed E-state index contributed by atoms with van der Waals surface area (Å²) in [6.07, 6.45) is 0. The van der Waals surface area contributed by atoms with E-state index in [2.05, 4.69) is 4.98 Å². The lowest BCUT2D eigenvalue weighted by molar-refractivity contribution is 0.0687. The Kier molecular flexibility index (Phi) is 4.41. The number of nitriles is 1. The molecule has 6 nitrogen and oxygen atoms in total. The molecule has 0 unspecified atom stereocenters. The van der Waals surface area contributed by atoms with Crippen LogP contribution < -0.4 is 4.74 Å². The van der Waals surface area contributed by atoms with Crippen LogP contribution in [-0.4, -0.2) is 21.2 Å². The summed E-state index contributed by atoms with van der Waals surface area (Å²) >= 11 is 6.02. The maximum Gasteiger partial charge on any atom is 0.358 e. The molecule has 0 saturated heterocycles. The first kappa shape index (κ1) is 17.5. The summed E-state index contributed by atoms with van der Waals surface area (Å²) < 4.78 is 5.91. The first-order valence-electron chi connectivity index (χ1n) is 7.56. The van der Waals surface area contributed by atoms with Gasteiger partial charge < -0.3 is 14.9 Å². The Hall–Kier alpha value is -3.30. The van der Waals surface area contributed by atoms with Crippen molar-refractivity contribution < 1.29 is 19.7 Å². The monoisotopic (exact) mass is 368 g/mol. The molecule has 0 saturated carbocycles. The van der Waals surface area contributed by atoms with E-state index in [9.17, 15) is 20.3 Å². The minimum Gasteiger partial charge on any atom is -0.505 e. The van der Waals surface area contributed by atoms with E-state index in [4.69, 9.17) is 16.3 Å². The summed E-state index contributed by atoms with van der Waals surface area (Å²) in [5.41, 5.74) is 1.00. The van der Waals surface area contributed by atoms with Crippen LogP contribution in [0.15, 0.2) is 30.3 Å². The predicted molar refractivity (Wildman–Crippen MR) is 96.1 cm³/mol. The lowest BCUT2D eigenvalue weighted by Gasteiger charge is -2.13. The van der Waals surface area contributed by atoms with Gasteiger partial charge in [-0.05, 0) is 55.3 Å². The summed E-state index contributed by atoms with van der Waals surface area (Å²) in [5.74, 6) is -0.938. The maximum absolute atomic E-state index is 11.3. The topological polar surface area (TPSA) is 103 Å². The smallest absolute Gasteiger partial charge is 0.358 e. The Morgan fingerprint density at radius 2 is 1.85 bits per heavy atom. The molecule has 3 rings (SSSR count). The minimum atomic E-state index is -1.42. The number of carbonyl (C=O) groups is 1. The number of carboxylic acids is 1. The molecule has 0 amide bonds. The zero-order valence-corrected chi connectivity index (χ0v) is 14.6. The number of aromatic hydroxyl groups is 1. The van der Waals surface area contributed by atoms with Crippen molar-refractivity contribution in [3.63, 3.8) is 0 Å². The second kappa shape index (κ2) is 6.54. The van der Waals surface area contributed by atoms with Gasteiger partial charge >= 0.3 is 5.97 Å². The molecule has 0 atom stereocenters. The van der Waals surface area contributed by atoms with Gasteiger partial charge in [0.15, 0.2) is 11.4 Å². The van der Waals surface area contributed by atoms with Crippen molar-refractivity contribution >= 4 is 28.3 Å². The lowest BCUT2D eigenvalue weighted by Crippen LogP contribution is -2.03. The number of rotatable bonds is 3. The van der Waals surface area contributed by atoms with Crippen LogP contribution in [0.3, 0.4) is 0 Å².